The van der Waals surface area contributed by atoms with Gasteiger partial charge >= 0.3 is 0 Å². The molecule has 10 aromatic carbocycles. The van der Waals surface area contributed by atoms with E-state index in [-0.39, 0.29) is 0 Å². The molecule has 0 aliphatic rings. The Balaban J connectivity index is 1.26. The summed E-state index contributed by atoms with van der Waals surface area (Å²) in [6.45, 7) is 0. The maximum Gasteiger partial charge on any atom is 0.0640 e. The zero-order chi connectivity index (χ0) is 38.4. The van der Waals surface area contributed by atoms with E-state index in [1.54, 1.807) is 0 Å². The summed E-state index contributed by atoms with van der Waals surface area (Å²) in [7, 11) is 0. The number of fused-ring (bicyclic) bond motifs is 6. The predicted octanol–water partition coefficient (Wildman–Crippen LogP) is 16.5. The molecule has 1 nitrogen and oxygen atoms in total. The maximum atomic E-state index is 2.50. The van der Waals surface area contributed by atoms with Gasteiger partial charge in [-0.2, -0.15) is 0 Å². The molecule has 0 radical (unpaired) electrons. The fraction of sp³-hybridized carbons (Fsp3) is 0. The van der Waals surface area contributed by atoms with Gasteiger partial charge in [0.2, 0.25) is 0 Å². The van der Waals surface area contributed by atoms with Gasteiger partial charge < -0.3 is 4.90 Å². The lowest BCUT2D eigenvalue weighted by atomic mass is 9.85. The van der Waals surface area contributed by atoms with Crippen molar-refractivity contribution >= 4 is 70.1 Å². The molecule has 0 bridgehead atoms. The molecular weight excluding hydrogens is 719 g/mol. The molecule has 0 aliphatic heterocycles. The molecule has 1 aromatic heterocycles. The van der Waals surface area contributed by atoms with Gasteiger partial charge in [0.15, 0.2) is 0 Å². The predicted molar refractivity (Wildman–Crippen MR) is 251 cm³/mol. The summed E-state index contributed by atoms with van der Waals surface area (Å²) in [6.07, 6.45) is 0. The van der Waals surface area contributed by atoms with Crippen LogP contribution < -0.4 is 4.90 Å². The van der Waals surface area contributed by atoms with E-state index in [0.717, 1.165) is 17.1 Å². The summed E-state index contributed by atoms with van der Waals surface area (Å²) in [5.74, 6) is 0. The second-order valence-electron chi connectivity index (χ2n) is 14.8. The molecular formula is C56H37NS. The van der Waals surface area contributed by atoms with Crippen LogP contribution >= 0.6 is 11.3 Å². The average Bonchev–Trinajstić information content (AvgIpc) is 3.69. The minimum atomic E-state index is 1.10. The zero-order valence-corrected chi connectivity index (χ0v) is 32.5. The summed E-state index contributed by atoms with van der Waals surface area (Å²) in [5, 5.41) is 7.52. The van der Waals surface area contributed by atoms with Crippen molar-refractivity contribution in [3.05, 3.63) is 224 Å². The molecule has 11 rings (SSSR count). The van der Waals surface area contributed by atoms with E-state index in [9.17, 15) is 0 Å². The fourth-order valence-corrected chi connectivity index (χ4v) is 10.0. The first-order valence-corrected chi connectivity index (χ1v) is 20.7. The summed E-state index contributed by atoms with van der Waals surface area (Å²) >= 11 is 1.87. The summed E-state index contributed by atoms with van der Waals surface area (Å²) < 4.78 is 2.55. The second kappa shape index (κ2) is 14.4. The summed E-state index contributed by atoms with van der Waals surface area (Å²) in [4.78, 5) is 2.50. The molecule has 272 valence electrons. The van der Waals surface area contributed by atoms with Gasteiger partial charge in [0.1, 0.15) is 0 Å². The number of thiophene rings is 1. The van der Waals surface area contributed by atoms with Crippen molar-refractivity contribution in [3.63, 3.8) is 0 Å². The van der Waals surface area contributed by atoms with Gasteiger partial charge in [0.05, 0.1) is 10.4 Å². The van der Waals surface area contributed by atoms with Crippen LogP contribution in [-0.4, -0.2) is 0 Å². The number of hydrogen-bond acceptors (Lipinski definition) is 2. The number of anilines is 3. The van der Waals surface area contributed by atoms with Gasteiger partial charge in [-0.1, -0.05) is 182 Å². The maximum absolute atomic E-state index is 2.50. The van der Waals surface area contributed by atoms with Crippen molar-refractivity contribution in [1.82, 2.24) is 0 Å². The van der Waals surface area contributed by atoms with E-state index in [0.29, 0.717) is 0 Å². The first-order chi connectivity index (χ1) is 28.8. The zero-order valence-electron chi connectivity index (χ0n) is 31.7. The topological polar surface area (TPSA) is 3.24 Å². The molecule has 1 heterocycles. The minimum Gasteiger partial charge on any atom is -0.309 e. The molecule has 0 amide bonds. The van der Waals surface area contributed by atoms with E-state index in [4.69, 9.17) is 0 Å². The molecule has 0 aliphatic carbocycles. The van der Waals surface area contributed by atoms with Crippen molar-refractivity contribution in [2.75, 3.05) is 4.90 Å². The van der Waals surface area contributed by atoms with Gasteiger partial charge in [-0.15, -0.1) is 11.3 Å². The van der Waals surface area contributed by atoms with Crippen LogP contribution in [0.3, 0.4) is 0 Å². The quantitative estimate of drug-likeness (QED) is 0.146. The normalized spacial score (nSPS) is 11.4. The highest BCUT2D eigenvalue weighted by Crippen LogP contribution is 2.49. The van der Waals surface area contributed by atoms with Crippen molar-refractivity contribution < 1.29 is 0 Å². The van der Waals surface area contributed by atoms with Crippen LogP contribution in [0.2, 0.25) is 0 Å². The second-order valence-corrected chi connectivity index (χ2v) is 15.9. The highest BCUT2D eigenvalue weighted by Gasteiger charge is 2.23. The molecule has 0 saturated carbocycles. The molecule has 2 heteroatoms. The van der Waals surface area contributed by atoms with E-state index in [1.165, 1.54) is 86.2 Å². The first-order valence-electron chi connectivity index (χ1n) is 19.8. The van der Waals surface area contributed by atoms with Crippen LogP contribution in [0.4, 0.5) is 17.1 Å². The van der Waals surface area contributed by atoms with Crippen molar-refractivity contribution in [3.8, 4) is 44.5 Å². The van der Waals surface area contributed by atoms with Crippen molar-refractivity contribution in [1.29, 1.82) is 0 Å². The number of rotatable bonds is 7. The van der Waals surface area contributed by atoms with E-state index >= 15 is 0 Å². The Bertz CT molecular complexity index is 3200. The van der Waals surface area contributed by atoms with Crippen LogP contribution in [0.1, 0.15) is 0 Å². The van der Waals surface area contributed by atoms with Gasteiger partial charge in [-0.3, -0.25) is 0 Å². The van der Waals surface area contributed by atoms with Crippen LogP contribution in [0.25, 0.3) is 86.2 Å². The lowest BCUT2D eigenvalue weighted by molar-refractivity contribution is 1.31. The summed E-state index contributed by atoms with van der Waals surface area (Å²) in [6, 6.07) is 82.1. The van der Waals surface area contributed by atoms with E-state index in [1.807, 2.05) is 11.3 Å². The average molecular weight is 756 g/mol. The van der Waals surface area contributed by atoms with Crippen molar-refractivity contribution in [2.45, 2.75) is 0 Å². The lowest BCUT2D eigenvalue weighted by Crippen LogP contribution is -2.11. The third-order valence-electron chi connectivity index (χ3n) is 11.4. The standard InChI is InChI=1S/C56H37NS/c1-5-18-38(19-6-1)42-34-43(39-20-7-2-8-21-39)36-45(35-42)57(52-30-17-29-50-48-27-15-16-31-53(48)58-56(50)52)44-32-33-47-46-26-13-14-28-49(46)54(40-22-9-3-10-23-40)55(51(47)37-44)41-24-11-4-12-25-41/h1-37H. The highest BCUT2D eigenvalue weighted by atomic mass is 32.1. The Labute approximate surface area is 342 Å². The molecule has 0 atom stereocenters. The lowest BCUT2D eigenvalue weighted by Gasteiger charge is -2.28. The SMILES string of the molecule is c1ccc(-c2cc(-c3ccccc3)cc(N(c3ccc4c(c3)c(-c3ccccc3)c(-c3ccccc3)c3ccccc34)c3cccc4c3sc3ccccc34)c2)cc1. The molecule has 0 fully saturated rings. The van der Waals surface area contributed by atoms with Gasteiger partial charge in [0, 0.05) is 26.8 Å². The molecule has 0 unspecified atom stereocenters. The smallest absolute Gasteiger partial charge is 0.0640 e. The number of hydrogen-bond donors (Lipinski definition) is 0. The van der Waals surface area contributed by atoms with Gasteiger partial charge in [0.25, 0.3) is 0 Å². The van der Waals surface area contributed by atoms with Crippen LogP contribution in [-0.2, 0) is 0 Å². The monoisotopic (exact) mass is 755 g/mol. The molecule has 11 aromatic rings. The number of nitrogens with zero attached hydrogens (tertiary/aromatic N) is 1. The number of benzene rings is 10. The van der Waals surface area contributed by atoms with E-state index < -0.39 is 0 Å². The first kappa shape index (κ1) is 34.0. The minimum absolute atomic E-state index is 1.10. The van der Waals surface area contributed by atoms with Gasteiger partial charge in [-0.25, -0.2) is 0 Å². The molecule has 0 N–H and O–H groups in total. The Morgan fingerprint density at radius 2 is 0.759 bits per heavy atom. The third-order valence-corrected chi connectivity index (χ3v) is 12.6. The molecule has 0 saturated heterocycles. The Kier molecular flexibility index (Phi) is 8.42. The Morgan fingerprint density at radius 3 is 1.38 bits per heavy atom. The molecule has 0 spiro atoms. The van der Waals surface area contributed by atoms with Crippen LogP contribution in [0.15, 0.2) is 224 Å². The third kappa shape index (κ3) is 5.86. The largest absolute Gasteiger partial charge is 0.309 e. The fourth-order valence-electron chi connectivity index (χ4n) is 8.80. The summed E-state index contributed by atoms with van der Waals surface area (Å²) in [5.41, 5.74) is 13.0. The van der Waals surface area contributed by atoms with E-state index in [2.05, 4.69) is 229 Å². The Hall–Kier alpha value is -7.26. The Morgan fingerprint density at radius 1 is 0.276 bits per heavy atom. The highest BCUT2D eigenvalue weighted by molar-refractivity contribution is 7.26. The van der Waals surface area contributed by atoms with Gasteiger partial charge in [-0.05, 0) is 109 Å². The molecule has 58 heavy (non-hydrogen) atoms. The van der Waals surface area contributed by atoms with Crippen LogP contribution in [0, 0.1) is 0 Å². The van der Waals surface area contributed by atoms with Crippen molar-refractivity contribution in [2.24, 2.45) is 0 Å². The van der Waals surface area contributed by atoms with Crippen LogP contribution in [0.5, 0.6) is 0 Å².